The molecular formula is C14H26BrNO2. The molecular weight excluding hydrogens is 294 g/mol. The average Bonchev–Trinajstić information content (AvgIpc) is 2.26. The summed E-state index contributed by atoms with van der Waals surface area (Å²) >= 11 is 3.50. The molecule has 3 nitrogen and oxygen atoms in total. The molecule has 1 fully saturated rings. The molecule has 0 aromatic carbocycles. The molecule has 1 aliphatic carbocycles. The maximum atomic E-state index is 11.5. The standard InChI is InChI=1S/C14H26BrNO2/c1-14(2,3)18-13(17)16-10-12-6-4-11(5-7-12)8-9-15/h11-12H,4-10H2,1-3H3,(H,16,17)/t11-,12-. The lowest BCUT2D eigenvalue weighted by Gasteiger charge is -2.28. The largest absolute Gasteiger partial charge is 0.444 e. The second-order valence-corrected chi connectivity index (χ2v) is 7.04. The number of carbonyl (C=O) groups excluding carboxylic acids is 1. The Balaban J connectivity index is 2.16. The minimum absolute atomic E-state index is 0.287. The molecule has 4 heteroatoms. The zero-order chi connectivity index (χ0) is 13.6. The third-order valence-electron chi connectivity index (χ3n) is 3.42. The first-order valence-electron chi connectivity index (χ1n) is 6.93. The molecule has 1 N–H and O–H groups in total. The van der Waals surface area contributed by atoms with Gasteiger partial charge in [-0.25, -0.2) is 4.79 Å². The first kappa shape index (κ1) is 15.8. The number of alkyl carbamates (subject to hydrolysis) is 1. The molecule has 1 rings (SSSR count). The Morgan fingerprint density at radius 3 is 2.28 bits per heavy atom. The number of hydrogen-bond acceptors (Lipinski definition) is 2. The highest BCUT2D eigenvalue weighted by Crippen LogP contribution is 2.30. The molecule has 0 aromatic rings. The smallest absolute Gasteiger partial charge is 0.407 e. The van der Waals surface area contributed by atoms with E-state index in [1.807, 2.05) is 20.8 Å². The van der Waals surface area contributed by atoms with Crippen molar-refractivity contribution in [1.82, 2.24) is 5.32 Å². The van der Waals surface area contributed by atoms with Crippen LogP contribution in [-0.2, 0) is 4.74 Å². The van der Waals surface area contributed by atoms with Gasteiger partial charge in [-0.3, -0.25) is 0 Å². The quantitative estimate of drug-likeness (QED) is 0.792. The predicted molar refractivity (Wildman–Crippen MR) is 78.1 cm³/mol. The lowest BCUT2D eigenvalue weighted by atomic mass is 9.81. The molecule has 0 aliphatic heterocycles. The number of amides is 1. The number of nitrogens with one attached hydrogen (secondary N) is 1. The Hall–Kier alpha value is -0.250. The summed E-state index contributed by atoms with van der Waals surface area (Å²) in [7, 11) is 0. The SMILES string of the molecule is CC(C)(C)OC(=O)NC[C@H]1CC[C@H](CCBr)CC1. The van der Waals surface area contributed by atoms with Gasteiger partial charge < -0.3 is 10.1 Å². The maximum absolute atomic E-state index is 11.5. The molecule has 0 heterocycles. The van der Waals surface area contributed by atoms with Gasteiger partial charge in [-0.1, -0.05) is 28.8 Å². The summed E-state index contributed by atoms with van der Waals surface area (Å²) in [6.07, 6.45) is 6.05. The minimum Gasteiger partial charge on any atom is -0.444 e. The van der Waals surface area contributed by atoms with Crippen LogP contribution in [0.4, 0.5) is 4.79 Å². The van der Waals surface area contributed by atoms with Crippen molar-refractivity contribution in [3.05, 3.63) is 0 Å². The van der Waals surface area contributed by atoms with Crippen LogP contribution < -0.4 is 5.32 Å². The number of ether oxygens (including phenoxy) is 1. The van der Waals surface area contributed by atoms with E-state index in [0.717, 1.165) is 17.8 Å². The van der Waals surface area contributed by atoms with Gasteiger partial charge in [-0.2, -0.15) is 0 Å². The van der Waals surface area contributed by atoms with E-state index in [1.165, 1.54) is 32.1 Å². The summed E-state index contributed by atoms with van der Waals surface area (Å²) in [4.78, 5) is 11.5. The molecule has 1 saturated carbocycles. The molecule has 0 aromatic heterocycles. The molecule has 0 bridgehead atoms. The van der Waals surface area contributed by atoms with Crippen molar-refractivity contribution in [2.24, 2.45) is 11.8 Å². The van der Waals surface area contributed by atoms with Crippen LogP contribution in [0.5, 0.6) is 0 Å². The highest BCUT2D eigenvalue weighted by Gasteiger charge is 2.22. The third-order valence-corrected chi connectivity index (χ3v) is 3.88. The molecule has 106 valence electrons. The normalized spacial score (nSPS) is 24.7. The van der Waals surface area contributed by atoms with E-state index in [4.69, 9.17) is 4.74 Å². The number of carbonyl (C=O) groups is 1. The lowest BCUT2D eigenvalue weighted by molar-refractivity contribution is 0.0513. The van der Waals surface area contributed by atoms with Gasteiger partial charge in [0, 0.05) is 11.9 Å². The Morgan fingerprint density at radius 2 is 1.78 bits per heavy atom. The summed E-state index contributed by atoms with van der Waals surface area (Å²) in [5.41, 5.74) is -0.405. The highest BCUT2D eigenvalue weighted by atomic mass is 79.9. The van der Waals surface area contributed by atoms with Crippen molar-refractivity contribution >= 4 is 22.0 Å². The predicted octanol–water partition coefficient (Wildman–Crippen LogP) is 4.10. The Kier molecular flexibility index (Phi) is 6.47. The maximum Gasteiger partial charge on any atom is 0.407 e. The number of rotatable bonds is 4. The average molecular weight is 320 g/mol. The number of hydrogen-bond donors (Lipinski definition) is 1. The molecule has 0 spiro atoms. The van der Waals surface area contributed by atoms with E-state index in [9.17, 15) is 4.79 Å². The van der Waals surface area contributed by atoms with Crippen molar-refractivity contribution in [3.63, 3.8) is 0 Å². The van der Waals surface area contributed by atoms with Crippen LogP contribution >= 0.6 is 15.9 Å². The first-order chi connectivity index (χ1) is 8.40. The van der Waals surface area contributed by atoms with Crippen LogP contribution in [0.15, 0.2) is 0 Å². The molecule has 0 atom stereocenters. The van der Waals surface area contributed by atoms with E-state index < -0.39 is 5.60 Å². The van der Waals surface area contributed by atoms with Crippen LogP contribution in [-0.4, -0.2) is 23.6 Å². The van der Waals surface area contributed by atoms with Crippen LogP contribution in [0.25, 0.3) is 0 Å². The fraction of sp³-hybridized carbons (Fsp3) is 0.929. The van der Waals surface area contributed by atoms with Crippen LogP contribution in [0.2, 0.25) is 0 Å². The van der Waals surface area contributed by atoms with E-state index in [1.54, 1.807) is 0 Å². The summed E-state index contributed by atoms with van der Waals surface area (Å²) in [5, 5.41) is 3.99. The Bertz CT molecular complexity index is 255. The molecule has 1 amide bonds. The van der Waals surface area contributed by atoms with Gasteiger partial charge in [-0.05, 0) is 51.9 Å². The monoisotopic (exact) mass is 319 g/mol. The molecule has 1 aliphatic rings. The van der Waals surface area contributed by atoms with Crippen molar-refractivity contribution in [1.29, 1.82) is 0 Å². The number of halogens is 1. The Labute approximate surface area is 119 Å². The second kappa shape index (κ2) is 7.37. The van der Waals surface area contributed by atoms with Crippen LogP contribution in [0, 0.1) is 11.8 Å². The van der Waals surface area contributed by atoms with Crippen molar-refractivity contribution < 1.29 is 9.53 Å². The van der Waals surface area contributed by atoms with E-state index >= 15 is 0 Å². The fourth-order valence-electron chi connectivity index (χ4n) is 2.42. The van der Waals surface area contributed by atoms with Gasteiger partial charge in [0.25, 0.3) is 0 Å². The summed E-state index contributed by atoms with van der Waals surface area (Å²) in [6.45, 7) is 6.42. The fourth-order valence-corrected chi connectivity index (χ4v) is 3.07. The first-order valence-corrected chi connectivity index (χ1v) is 8.05. The molecule has 0 radical (unpaired) electrons. The molecule has 0 unspecified atom stereocenters. The minimum atomic E-state index is -0.405. The summed E-state index contributed by atoms with van der Waals surface area (Å²) in [6, 6.07) is 0. The van der Waals surface area contributed by atoms with Gasteiger partial charge in [0.05, 0.1) is 0 Å². The third kappa shape index (κ3) is 6.62. The van der Waals surface area contributed by atoms with Crippen molar-refractivity contribution in [2.75, 3.05) is 11.9 Å². The zero-order valence-electron chi connectivity index (χ0n) is 11.8. The topological polar surface area (TPSA) is 38.3 Å². The van der Waals surface area contributed by atoms with Gasteiger partial charge in [0.15, 0.2) is 0 Å². The second-order valence-electron chi connectivity index (χ2n) is 6.25. The molecule has 0 saturated heterocycles. The summed E-state index contributed by atoms with van der Waals surface area (Å²) < 4.78 is 5.23. The van der Waals surface area contributed by atoms with Gasteiger partial charge in [0.2, 0.25) is 0 Å². The van der Waals surface area contributed by atoms with Crippen molar-refractivity contribution in [3.8, 4) is 0 Å². The number of alkyl halides is 1. The van der Waals surface area contributed by atoms with E-state index in [-0.39, 0.29) is 6.09 Å². The van der Waals surface area contributed by atoms with Gasteiger partial charge >= 0.3 is 6.09 Å². The molecule has 18 heavy (non-hydrogen) atoms. The van der Waals surface area contributed by atoms with Crippen LogP contribution in [0.3, 0.4) is 0 Å². The summed E-state index contributed by atoms with van der Waals surface area (Å²) in [5.74, 6) is 1.51. The lowest BCUT2D eigenvalue weighted by Crippen LogP contribution is -2.36. The zero-order valence-corrected chi connectivity index (χ0v) is 13.4. The Morgan fingerprint density at radius 1 is 1.22 bits per heavy atom. The van der Waals surface area contributed by atoms with E-state index in [2.05, 4.69) is 21.2 Å². The van der Waals surface area contributed by atoms with Gasteiger partial charge in [0.1, 0.15) is 5.60 Å². The van der Waals surface area contributed by atoms with Crippen LogP contribution in [0.1, 0.15) is 52.9 Å². The highest BCUT2D eigenvalue weighted by molar-refractivity contribution is 9.09. The van der Waals surface area contributed by atoms with E-state index in [0.29, 0.717) is 5.92 Å². The van der Waals surface area contributed by atoms with Crippen molar-refractivity contribution in [2.45, 2.75) is 58.5 Å². The van der Waals surface area contributed by atoms with Gasteiger partial charge in [-0.15, -0.1) is 0 Å².